The van der Waals surface area contributed by atoms with Crippen molar-refractivity contribution in [1.82, 2.24) is 24.8 Å². The van der Waals surface area contributed by atoms with Crippen LogP contribution in [0, 0.1) is 11.6 Å². The van der Waals surface area contributed by atoms with E-state index in [2.05, 4.69) is 10.3 Å². The van der Waals surface area contributed by atoms with Gasteiger partial charge in [-0.25, -0.2) is 18.6 Å². The van der Waals surface area contributed by atoms with Crippen LogP contribution in [-0.4, -0.2) is 55.8 Å². The Morgan fingerprint density at radius 3 is 2.74 bits per heavy atom. The SMILES string of the molecule is O=C(O)N1CCC[C@H]1Cn1c(-c2[nH]c3cc(F)ccc3c2C[C@@H]2CCCN2)nc2cc(F)ccc21. The first kappa shape index (κ1) is 22.0. The van der Waals surface area contributed by atoms with Gasteiger partial charge in [0.25, 0.3) is 0 Å². The second-order valence-corrected chi connectivity index (χ2v) is 9.62. The number of nitrogens with one attached hydrogen (secondary N) is 2. The maximum atomic E-state index is 14.1. The van der Waals surface area contributed by atoms with Crippen molar-refractivity contribution in [3.63, 3.8) is 0 Å². The second-order valence-electron chi connectivity index (χ2n) is 9.62. The number of rotatable bonds is 5. The number of carboxylic acid groups (broad SMARTS) is 1. The molecule has 0 aliphatic carbocycles. The fourth-order valence-electron chi connectivity index (χ4n) is 5.77. The summed E-state index contributed by atoms with van der Waals surface area (Å²) in [6.45, 7) is 1.89. The molecule has 2 fully saturated rings. The predicted molar refractivity (Wildman–Crippen MR) is 129 cm³/mol. The first-order chi connectivity index (χ1) is 17.0. The van der Waals surface area contributed by atoms with Crippen molar-refractivity contribution in [1.29, 1.82) is 0 Å². The number of amides is 1. The predicted octanol–water partition coefficient (Wildman–Crippen LogP) is 4.90. The number of H-pyrrole nitrogens is 1. The highest BCUT2D eigenvalue weighted by Gasteiger charge is 2.31. The van der Waals surface area contributed by atoms with E-state index in [0.717, 1.165) is 60.8 Å². The average Bonchev–Trinajstić information content (AvgIpc) is 3.61. The van der Waals surface area contributed by atoms with Crippen LogP contribution < -0.4 is 5.32 Å². The van der Waals surface area contributed by atoms with E-state index in [1.54, 1.807) is 12.1 Å². The molecule has 2 aromatic heterocycles. The molecule has 1 amide bonds. The number of hydrogen-bond donors (Lipinski definition) is 3. The van der Waals surface area contributed by atoms with Crippen LogP contribution in [0.15, 0.2) is 36.4 Å². The summed E-state index contributed by atoms with van der Waals surface area (Å²) in [4.78, 5) is 21.5. The number of aromatic amines is 1. The molecule has 2 saturated heterocycles. The van der Waals surface area contributed by atoms with Crippen LogP contribution in [0.3, 0.4) is 0 Å². The first-order valence-electron chi connectivity index (χ1n) is 12.2. The van der Waals surface area contributed by atoms with Crippen molar-refractivity contribution in [3.05, 3.63) is 53.6 Å². The van der Waals surface area contributed by atoms with Crippen molar-refractivity contribution < 1.29 is 18.7 Å². The quantitative estimate of drug-likeness (QED) is 0.380. The molecule has 35 heavy (non-hydrogen) atoms. The highest BCUT2D eigenvalue weighted by Crippen LogP contribution is 2.35. The van der Waals surface area contributed by atoms with Gasteiger partial charge < -0.3 is 24.9 Å². The van der Waals surface area contributed by atoms with Crippen LogP contribution >= 0.6 is 0 Å². The Morgan fingerprint density at radius 2 is 1.94 bits per heavy atom. The van der Waals surface area contributed by atoms with Crippen LogP contribution in [0.4, 0.5) is 13.6 Å². The fraction of sp³-hybridized carbons (Fsp3) is 0.385. The highest BCUT2D eigenvalue weighted by atomic mass is 19.1. The van der Waals surface area contributed by atoms with Gasteiger partial charge in [0.15, 0.2) is 5.82 Å². The lowest BCUT2D eigenvalue weighted by molar-refractivity contribution is 0.136. The van der Waals surface area contributed by atoms with Gasteiger partial charge in [-0.1, -0.05) is 0 Å². The van der Waals surface area contributed by atoms with E-state index in [1.807, 2.05) is 4.57 Å². The van der Waals surface area contributed by atoms with Gasteiger partial charge in [0.05, 0.1) is 22.8 Å². The van der Waals surface area contributed by atoms with Gasteiger partial charge in [-0.05, 0) is 74.5 Å². The summed E-state index contributed by atoms with van der Waals surface area (Å²) in [7, 11) is 0. The summed E-state index contributed by atoms with van der Waals surface area (Å²) in [6.07, 6.45) is 3.55. The number of nitrogens with zero attached hydrogens (tertiary/aromatic N) is 3. The van der Waals surface area contributed by atoms with Crippen molar-refractivity contribution in [2.45, 2.75) is 50.7 Å². The van der Waals surface area contributed by atoms with Crippen LogP contribution in [-0.2, 0) is 13.0 Å². The van der Waals surface area contributed by atoms with E-state index in [0.29, 0.717) is 36.0 Å². The van der Waals surface area contributed by atoms with Gasteiger partial charge in [-0.2, -0.15) is 0 Å². The van der Waals surface area contributed by atoms with Gasteiger partial charge in [-0.3, -0.25) is 0 Å². The summed E-state index contributed by atoms with van der Waals surface area (Å²) >= 11 is 0. The smallest absolute Gasteiger partial charge is 0.407 e. The first-order valence-corrected chi connectivity index (χ1v) is 12.2. The summed E-state index contributed by atoms with van der Waals surface area (Å²) in [6, 6.07) is 9.36. The molecule has 9 heteroatoms. The number of aromatic nitrogens is 3. The number of halogens is 2. The standard InChI is InChI=1S/C26H27F2N5O2/c27-15-5-7-19-20(13-17-3-1-9-29-17)24(30-21(19)11-15)25-31-22-12-16(28)6-8-23(22)33(25)14-18-4-2-10-32(18)26(34)35/h5-8,11-12,17-18,29-30H,1-4,9-10,13-14H2,(H,34,35)/t17-,18-/m0/s1. The number of imidazole rings is 1. The zero-order valence-electron chi connectivity index (χ0n) is 19.2. The molecule has 0 spiro atoms. The van der Waals surface area contributed by atoms with Gasteiger partial charge in [0.1, 0.15) is 11.6 Å². The Morgan fingerprint density at radius 1 is 1.11 bits per heavy atom. The van der Waals surface area contributed by atoms with Crippen molar-refractivity contribution in [2.24, 2.45) is 0 Å². The molecule has 2 aliphatic rings. The third-order valence-corrected chi connectivity index (χ3v) is 7.43. The molecule has 4 aromatic rings. The van der Waals surface area contributed by atoms with Crippen LogP contribution in [0.25, 0.3) is 33.5 Å². The van der Waals surface area contributed by atoms with Crippen molar-refractivity contribution in [3.8, 4) is 11.5 Å². The van der Waals surface area contributed by atoms with E-state index in [1.165, 1.54) is 29.2 Å². The number of likely N-dealkylation sites (tertiary alicyclic amines) is 1. The molecule has 2 atom stereocenters. The lowest BCUT2D eigenvalue weighted by Crippen LogP contribution is -2.37. The lowest BCUT2D eigenvalue weighted by Gasteiger charge is -2.23. The summed E-state index contributed by atoms with van der Waals surface area (Å²) in [5.41, 5.74) is 3.75. The third kappa shape index (κ3) is 3.93. The van der Waals surface area contributed by atoms with Crippen LogP contribution in [0.1, 0.15) is 31.2 Å². The summed E-state index contributed by atoms with van der Waals surface area (Å²) in [5, 5.41) is 14.2. The highest BCUT2D eigenvalue weighted by molar-refractivity contribution is 5.91. The molecule has 0 saturated carbocycles. The zero-order chi connectivity index (χ0) is 24.1. The number of hydrogen-bond acceptors (Lipinski definition) is 3. The number of benzene rings is 2. The molecule has 4 heterocycles. The monoisotopic (exact) mass is 479 g/mol. The molecule has 0 radical (unpaired) electrons. The van der Waals surface area contributed by atoms with Crippen LogP contribution in [0.5, 0.6) is 0 Å². The summed E-state index contributed by atoms with van der Waals surface area (Å²) in [5.74, 6) is -0.0854. The van der Waals surface area contributed by atoms with E-state index in [4.69, 9.17) is 4.98 Å². The maximum Gasteiger partial charge on any atom is 0.407 e. The molecule has 182 valence electrons. The van der Waals surface area contributed by atoms with E-state index >= 15 is 0 Å². The third-order valence-electron chi connectivity index (χ3n) is 7.43. The largest absolute Gasteiger partial charge is 0.465 e. The molecule has 7 nitrogen and oxygen atoms in total. The molecular weight excluding hydrogens is 452 g/mol. The number of fused-ring (bicyclic) bond motifs is 2. The van der Waals surface area contributed by atoms with Gasteiger partial charge in [0.2, 0.25) is 0 Å². The molecule has 0 bridgehead atoms. The van der Waals surface area contributed by atoms with E-state index in [9.17, 15) is 18.7 Å². The van der Waals surface area contributed by atoms with E-state index in [-0.39, 0.29) is 17.7 Å². The average molecular weight is 480 g/mol. The molecule has 2 aliphatic heterocycles. The summed E-state index contributed by atoms with van der Waals surface area (Å²) < 4.78 is 30.2. The minimum atomic E-state index is -0.932. The van der Waals surface area contributed by atoms with Gasteiger partial charge in [0, 0.05) is 36.1 Å². The van der Waals surface area contributed by atoms with Crippen molar-refractivity contribution >= 4 is 28.0 Å². The van der Waals surface area contributed by atoms with Crippen LogP contribution in [0.2, 0.25) is 0 Å². The topological polar surface area (TPSA) is 86.2 Å². The Labute approximate surface area is 200 Å². The lowest BCUT2D eigenvalue weighted by atomic mass is 10.0. The Kier molecular flexibility index (Phi) is 5.44. The van der Waals surface area contributed by atoms with E-state index < -0.39 is 6.09 Å². The normalized spacial score (nSPS) is 20.5. The molecule has 0 unspecified atom stereocenters. The van der Waals surface area contributed by atoms with Crippen molar-refractivity contribution in [2.75, 3.05) is 13.1 Å². The second kappa shape index (κ2) is 8.64. The zero-order valence-corrected chi connectivity index (χ0v) is 19.2. The van der Waals surface area contributed by atoms with Gasteiger partial charge in [-0.15, -0.1) is 0 Å². The molecule has 2 aromatic carbocycles. The minimum Gasteiger partial charge on any atom is -0.465 e. The molecule has 6 rings (SSSR count). The minimum absolute atomic E-state index is 0.199. The molecular formula is C26H27F2N5O2. The fourth-order valence-corrected chi connectivity index (χ4v) is 5.77. The van der Waals surface area contributed by atoms with Gasteiger partial charge >= 0.3 is 6.09 Å². The molecule has 3 N–H and O–H groups in total. The number of carbonyl (C=O) groups is 1. The Bertz CT molecular complexity index is 1420. The Hall–Kier alpha value is -3.46. The maximum absolute atomic E-state index is 14.1. The Balaban J connectivity index is 1.53.